The van der Waals surface area contributed by atoms with Crippen molar-refractivity contribution < 1.29 is 261 Å². The Morgan fingerprint density at radius 2 is 0.339 bits per heavy atom. The predicted octanol–water partition coefficient (Wildman–Crippen LogP) is -21.0. The average molecular weight is 1740 g/mol. The van der Waals surface area contributed by atoms with E-state index in [1.54, 1.807) is 0 Å². The molecule has 13 unspecified atom stereocenters. The fraction of sp³-hybridized carbons (Fsp3) is 1.00. The molecule has 53 nitrogen and oxygen atoms in total. The van der Waals surface area contributed by atoms with Gasteiger partial charge in [0.1, 0.15) is 238 Å². The van der Waals surface area contributed by atoms with Gasteiger partial charge in [-0.3, -0.25) is 0 Å². The Kier molecular flexibility index (Phi) is 32.1. The molecule has 0 aromatic heterocycles. The minimum Gasteiger partial charge on any atom is -0.394 e. The van der Waals surface area contributed by atoms with Crippen molar-refractivity contribution in [2.24, 2.45) is 0 Å². The van der Waals surface area contributed by atoms with Crippen molar-refractivity contribution in [3.05, 3.63) is 0 Å². The zero-order chi connectivity index (χ0) is 84.9. The largest absolute Gasteiger partial charge is 0.394 e. The molecule has 0 aliphatic carbocycles. The SMILES string of the molecule is OC[C@@H]1O[C@@H](O[C@@H]2C(O)[C@H](O[C@@H]3CO[C@H](O[C@@H]4CO[C@H](O[C@@H]5CO[C@H](O[C@@H]6CO[C@H](O[C@@H]7CO[C@H](O[C@@H]8CO[C@H](O[C@@H]9CO[C@H](O[C@@H]%10CO[C@H](O[C@@H]%11CO[C@H](O[C@@H]%12CO[C@@H](O[C@@H]%13CO[C@@H](O)C(O)[C@H]%13O)C(O)[C@H]%12O)C(O)[C@H]%11O)C(O)[C@H]%10O)C(O)[C@H]9O)C(O)[C@H]8O)C(O)[C@H]7O)C(O)[C@H]6O)C(O)[C@H]5O)C(O)[C@H]4O)C(O)[C@H]3O)OC[C@H]2O)C(O)[C@@H]1O. The van der Waals surface area contributed by atoms with Crippen LogP contribution in [0.1, 0.15) is 0 Å². The lowest BCUT2D eigenvalue weighted by Crippen LogP contribution is -2.64. The zero-order valence-corrected chi connectivity index (χ0v) is 61.9. The molecule has 0 spiro atoms. The minimum absolute atomic E-state index is 0.409. The first-order valence-corrected chi connectivity index (χ1v) is 38.0. The van der Waals surface area contributed by atoms with Gasteiger partial charge in [0.25, 0.3) is 0 Å². The molecule has 0 bridgehead atoms. The molecule has 52 atom stereocenters. The third kappa shape index (κ3) is 20.2. The lowest BCUT2D eigenvalue weighted by atomic mass is 10.0. The van der Waals surface area contributed by atoms with E-state index in [1.165, 1.54) is 0 Å². The Balaban J connectivity index is 0.486. The fourth-order valence-corrected chi connectivity index (χ4v) is 15.1. The Morgan fingerprint density at radius 1 is 0.169 bits per heavy atom. The third-order valence-electron chi connectivity index (χ3n) is 22.4. The van der Waals surface area contributed by atoms with Gasteiger partial charge in [-0.25, -0.2) is 0 Å². The monoisotopic (exact) mass is 1730 g/mol. The molecular formula is C65H106O53. The molecule has 53 heteroatoms. The van der Waals surface area contributed by atoms with Crippen molar-refractivity contribution in [1.29, 1.82) is 0 Å². The van der Waals surface area contributed by atoms with E-state index >= 15 is 0 Å². The molecule has 13 aliphatic rings. The summed E-state index contributed by atoms with van der Waals surface area (Å²) < 4.78 is 139. The maximum Gasteiger partial charge on any atom is 0.187 e. The Labute approximate surface area is 665 Å². The molecule has 0 saturated carbocycles. The van der Waals surface area contributed by atoms with Gasteiger partial charge in [0.15, 0.2) is 81.8 Å². The van der Waals surface area contributed by atoms with Gasteiger partial charge in [-0.2, -0.15) is 0 Å². The number of hydrogen-bond acceptors (Lipinski definition) is 53. The van der Waals surface area contributed by atoms with Gasteiger partial charge in [-0.05, 0) is 0 Å². The predicted molar refractivity (Wildman–Crippen MR) is 349 cm³/mol. The van der Waals surface area contributed by atoms with Gasteiger partial charge in [0.05, 0.1) is 85.9 Å². The molecule has 0 radical (unpaired) electrons. The van der Waals surface area contributed by atoms with Crippen LogP contribution in [-0.2, 0) is 118 Å². The van der Waals surface area contributed by atoms with Crippen LogP contribution < -0.4 is 0 Å². The van der Waals surface area contributed by atoms with Crippen molar-refractivity contribution in [3.63, 3.8) is 0 Å². The maximum absolute atomic E-state index is 11.1. The van der Waals surface area contributed by atoms with Crippen LogP contribution in [0.4, 0.5) is 0 Å². The number of hydrogen-bond donors (Lipinski definition) is 28. The second-order valence-electron chi connectivity index (χ2n) is 30.5. The van der Waals surface area contributed by atoms with Crippen LogP contribution in [0.3, 0.4) is 0 Å². The smallest absolute Gasteiger partial charge is 0.187 e. The molecule has 13 aliphatic heterocycles. The van der Waals surface area contributed by atoms with Crippen molar-refractivity contribution in [3.8, 4) is 0 Å². The summed E-state index contributed by atoms with van der Waals surface area (Å²) in [5.74, 6) is 0. The van der Waals surface area contributed by atoms with Gasteiger partial charge in [-0.15, -0.1) is 0 Å². The van der Waals surface area contributed by atoms with Crippen LogP contribution in [-0.4, -0.2) is 549 Å². The van der Waals surface area contributed by atoms with Crippen LogP contribution in [0, 0.1) is 0 Å². The second kappa shape index (κ2) is 40.5. The first-order valence-electron chi connectivity index (χ1n) is 38.0. The lowest BCUT2D eigenvalue weighted by molar-refractivity contribution is -0.371. The normalized spacial score (nSPS) is 54.7. The van der Waals surface area contributed by atoms with Crippen molar-refractivity contribution in [1.82, 2.24) is 0 Å². The van der Waals surface area contributed by atoms with Gasteiger partial charge in [0.2, 0.25) is 0 Å². The van der Waals surface area contributed by atoms with E-state index in [0.717, 1.165) is 0 Å². The summed E-state index contributed by atoms with van der Waals surface area (Å²) in [6.45, 7) is -7.31. The van der Waals surface area contributed by atoms with Gasteiger partial charge >= 0.3 is 0 Å². The molecule has 684 valence electrons. The van der Waals surface area contributed by atoms with Gasteiger partial charge in [0, 0.05) is 0 Å². The third-order valence-corrected chi connectivity index (χ3v) is 22.4. The Hall–Kier alpha value is -2.12. The Bertz CT molecular complexity index is 3060. The van der Waals surface area contributed by atoms with E-state index in [1.807, 2.05) is 0 Å². The van der Waals surface area contributed by atoms with Crippen molar-refractivity contribution in [2.75, 3.05) is 85.9 Å². The van der Waals surface area contributed by atoms with Crippen LogP contribution in [0.15, 0.2) is 0 Å². The first-order chi connectivity index (χ1) is 56.1. The average Bonchev–Trinajstić information content (AvgIpc) is 1.72. The molecular weight excluding hydrogens is 1630 g/mol. The highest BCUT2D eigenvalue weighted by atomic mass is 16.8. The molecule has 0 aromatic carbocycles. The summed E-state index contributed by atoms with van der Waals surface area (Å²) in [6.07, 6.45) is -88.8. The van der Waals surface area contributed by atoms with Crippen molar-refractivity contribution >= 4 is 0 Å². The molecule has 0 amide bonds. The summed E-state index contributed by atoms with van der Waals surface area (Å²) in [5, 5.41) is 302. The number of rotatable bonds is 25. The molecule has 28 N–H and O–H groups in total. The summed E-state index contributed by atoms with van der Waals surface area (Å²) in [5.41, 5.74) is 0. The summed E-state index contributed by atoms with van der Waals surface area (Å²) in [4.78, 5) is 0. The fourth-order valence-electron chi connectivity index (χ4n) is 15.1. The number of aliphatic hydroxyl groups excluding tert-OH is 28. The van der Waals surface area contributed by atoms with Crippen LogP contribution in [0.2, 0.25) is 0 Å². The lowest BCUT2D eigenvalue weighted by Gasteiger charge is -2.46. The molecule has 0 aromatic rings. The highest BCUT2D eigenvalue weighted by molar-refractivity contribution is 4.99. The van der Waals surface area contributed by atoms with E-state index < -0.39 is 406 Å². The summed E-state index contributed by atoms with van der Waals surface area (Å²) >= 11 is 0. The quantitative estimate of drug-likeness (QED) is 0.0404. The highest BCUT2D eigenvalue weighted by Crippen LogP contribution is 2.38. The van der Waals surface area contributed by atoms with Crippen molar-refractivity contribution in [2.45, 2.75) is 320 Å². The van der Waals surface area contributed by atoms with Crippen LogP contribution >= 0.6 is 0 Å². The van der Waals surface area contributed by atoms with E-state index in [4.69, 9.17) is 118 Å². The van der Waals surface area contributed by atoms with E-state index in [2.05, 4.69) is 0 Å². The van der Waals surface area contributed by atoms with E-state index in [9.17, 15) is 143 Å². The number of aliphatic hydroxyl groups is 28. The zero-order valence-electron chi connectivity index (χ0n) is 61.9. The summed E-state index contributed by atoms with van der Waals surface area (Å²) in [6, 6.07) is 0. The molecule has 13 saturated heterocycles. The topological polar surface area (TPSA) is 797 Å². The number of ether oxygens (including phenoxy) is 25. The maximum atomic E-state index is 11.1. The van der Waals surface area contributed by atoms with E-state index in [0.29, 0.717) is 0 Å². The van der Waals surface area contributed by atoms with Crippen LogP contribution in [0.25, 0.3) is 0 Å². The Morgan fingerprint density at radius 3 is 0.534 bits per heavy atom. The molecule has 13 heterocycles. The van der Waals surface area contributed by atoms with E-state index in [-0.39, 0.29) is 0 Å². The summed E-state index contributed by atoms with van der Waals surface area (Å²) in [7, 11) is 0. The standard InChI is InChI=1S/C65H106O53/c66-1-15-27(68)50(91)65(106-15)118-52-14(67)2-95-64(51(52)92)117-26-13-105-63(49(90)38(26)79)116-25-12-104-62(48(89)37(25)78)115-24-11-103-61(47(88)36(24)77)114-23-10-102-60(46(87)35(23)76)113-22-9-101-59(45(86)34(22)75)112-21-8-100-58(44(85)33(21)74)111-20-7-99-57(43(84)32(20)73)110-19-6-98-56(42(83)31(19)72)109-18-5-97-55(41(82)30(18)71)108-17-4-96-54(40(81)29(17)70)107-16-3-94-53(93)39(80)28(16)69/h14-93H,1-13H2/t14-,15+,16-,17-,18-,19-,20-,21-,22-,23-,24-,25-,26-,27-,28+,29+,30+,31+,32+,33+,34+,35+,36+,37+,38+,39?,40?,41?,42?,43?,44?,45?,46?,47?,48?,49?,50?,51?,52+,53-,54+,55-,56-,57-,58-,59-,60-,61-,62-,63-,64+,65+/m1/s1. The van der Waals surface area contributed by atoms with Gasteiger partial charge < -0.3 is 261 Å². The molecule has 13 fully saturated rings. The second-order valence-corrected chi connectivity index (χ2v) is 30.5. The molecule has 13 rings (SSSR count). The first kappa shape index (κ1) is 93.5. The highest BCUT2D eigenvalue weighted by Gasteiger charge is 2.58. The molecule has 118 heavy (non-hydrogen) atoms. The van der Waals surface area contributed by atoms with Gasteiger partial charge in [-0.1, -0.05) is 0 Å². The van der Waals surface area contributed by atoms with Crippen LogP contribution in [0.5, 0.6) is 0 Å². The minimum atomic E-state index is -1.98.